The largest absolute Gasteiger partial charge is 0.490 e. The van der Waals surface area contributed by atoms with E-state index in [4.69, 9.17) is 15.1 Å². The predicted molar refractivity (Wildman–Crippen MR) is 106 cm³/mol. The highest BCUT2D eigenvalue weighted by atomic mass is 19.4. The summed E-state index contributed by atoms with van der Waals surface area (Å²) in [5.41, 5.74) is 7.27. The summed E-state index contributed by atoms with van der Waals surface area (Å²) in [7, 11) is 0. The Hall–Kier alpha value is -3.37. The number of amides is 1. The van der Waals surface area contributed by atoms with E-state index in [0.717, 1.165) is 31.6 Å². The molecule has 0 saturated heterocycles. The van der Waals surface area contributed by atoms with Crippen LogP contribution < -0.4 is 10.8 Å². The smallest absolute Gasteiger partial charge is 0.475 e. The highest BCUT2D eigenvalue weighted by Gasteiger charge is 2.38. The number of para-hydroxylation sites is 1. The fourth-order valence-corrected chi connectivity index (χ4v) is 3.52. The third-order valence-electron chi connectivity index (χ3n) is 4.94. The van der Waals surface area contributed by atoms with Crippen molar-refractivity contribution < 1.29 is 33.1 Å². The number of aliphatic carboxylic acids is 1. The minimum absolute atomic E-state index is 0.447. The minimum atomic E-state index is -5.08. The van der Waals surface area contributed by atoms with Crippen LogP contribution in [0.5, 0.6) is 0 Å². The van der Waals surface area contributed by atoms with Crippen LogP contribution in [0.3, 0.4) is 0 Å². The number of carbonyl (C=O) groups excluding carboxylic acids is 1. The number of aromatic nitrogens is 1. The SMILES string of the molecule is O=C(NO)c1ccc(Cn2c3c(c4ccccc42)CCNC3)cc1.O=C(O)C(F)(F)F. The van der Waals surface area contributed by atoms with Crippen LogP contribution in [0.2, 0.25) is 0 Å². The van der Waals surface area contributed by atoms with Gasteiger partial charge in [-0.15, -0.1) is 0 Å². The zero-order chi connectivity index (χ0) is 22.6. The van der Waals surface area contributed by atoms with E-state index in [1.165, 1.54) is 22.2 Å². The lowest BCUT2D eigenvalue weighted by molar-refractivity contribution is -0.192. The summed E-state index contributed by atoms with van der Waals surface area (Å²) in [6, 6.07) is 15.9. The lowest BCUT2D eigenvalue weighted by Crippen LogP contribution is -2.25. The van der Waals surface area contributed by atoms with Crippen molar-refractivity contribution >= 4 is 22.8 Å². The first kappa shape index (κ1) is 22.3. The Bertz CT molecular complexity index is 1090. The van der Waals surface area contributed by atoms with Gasteiger partial charge in [0.1, 0.15) is 0 Å². The Morgan fingerprint density at radius 1 is 1.10 bits per heavy atom. The van der Waals surface area contributed by atoms with Crippen molar-refractivity contribution in [2.24, 2.45) is 0 Å². The number of carboxylic acids is 1. The van der Waals surface area contributed by atoms with E-state index < -0.39 is 18.1 Å². The molecule has 0 bridgehead atoms. The van der Waals surface area contributed by atoms with E-state index in [0.29, 0.717) is 5.56 Å². The van der Waals surface area contributed by atoms with Crippen LogP contribution in [0.25, 0.3) is 10.9 Å². The second-order valence-electron chi connectivity index (χ2n) is 6.90. The first-order valence-corrected chi connectivity index (χ1v) is 9.35. The van der Waals surface area contributed by atoms with Crippen molar-refractivity contribution in [2.75, 3.05) is 6.54 Å². The highest BCUT2D eigenvalue weighted by Crippen LogP contribution is 2.29. The Morgan fingerprint density at radius 2 is 1.74 bits per heavy atom. The van der Waals surface area contributed by atoms with Gasteiger partial charge in [-0.1, -0.05) is 30.3 Å². The number of hydroxylamine groups is 1. The van der Waals surface area contributed by atoms with E-state index in [2.05, 4.69) is 34.1 Å². The van der Waals surface area contributed by atoms with Crippen LogP contribution in [-0.2, 0) is 24.3 Å². The molecule has 10 heteroatoms. The second kappa shape index (κ2) is 9.19. The maximum Gasteiger partial charge on any atom is 0.490 e. The number of hydrogen-bond donors (Lipinski definition) is 4. The number of carbonyl (C=O) groups is 2. The topological polar surface area (TPSA) is 104 Å². The first-order valence-electron chi connectivity index (χ1n) is 9.35. The summed E-state index contributed by atoms with van der Waals surface area (Å²) in [6.45, 7) is 2.67. The van der Waals surface area contributed by atoms with Crippen molar-refractivity contribution in [3.63, 3.8) is 0 Å². The van der Waals surface area contributed by atoms with Gasteiger partial charge in [-0.25, -0.2) is 10.3 Å². The number of fused-ring (bicyclic) bond motifs is 3. The number of rotatable bonds is 3. The molecule has 1 amide bonds. The van der Waals surface area contributed by atoms with Crippen molar-refractivity contribution in [2.45, 2.75) is 25.7 Å². The summed E-state index contributed by atoms with van der Waals surface area (Å²) in [5.74, 6) is -3.25. The Balaban J connectivity index is 0.000000339. The molecule has 3 aromatic rings. The molecule has 0 fully saturated rings. The molecule has 31 heavy (non-hydrogen) atoms. The maximum atomic E-state index is 11.4. The van der Waals surface area contributed by atoms with Crippen molar-refractivity contribution in [1.29, 1.82) is 0 Å². The van der Waals surface area contributed by atoms with Crippen LogP contribution in [0.15, 0.2) is 48.5 Å². The molecule has 2 heterocycles. The number of carboxylic acid groups (broad SMARTS) is 1. The van der Waals surface area contributed by atoms with Crippen LogP contribution in [-0.4, -0.2) is 39.5 Å². The van der Waals surface area contributed by atoms with Crippen molar-refractivity contribution in [3.8, 4) is 0 Å². The molecule has 0 radical (unpaired) electrons. The van der Waals surface area contributed by atoms with Gasteiger partial charge in [0.05, 0.1) is 0 Å². The number of hydrogen-bond acceptors (Lipinski definition) is 4. The van der Waals surface area contributed by atoms with Crippen molar-refractivity contribution in [1.82, 2.24) is 15.4 Å². The van der Waals surface area contributed by atoms with Gasteiger partial charge in [-0.3, -0.25) is 10.0 Å². The number of halogens is 3. The summed E-state index contributed by atoms with van der Waals surface area (Å²) >= 11 is 0. The fourth-order valence-electron chi connectivity index (χ4n) is 3.52. The van der Waals surface area contributed by atoms with E-state index in [9.17, 15) is 18.0 Å². The molecule has 2 aromatic carbocycles. The Labute approximate surface area is 175 Å². The molecule has 1 aliphatic heterocycles. The van der Waals surface area contributed by atoms with Gasteiger partial charge in [0.2, 0.25) is 0 Å². The molecule has 164 valence electrons. The average molecular weight is 435 g/mol. The number of nitrogens with zero attached hydrogens (tertiary/aromatic N) is 1. The first-order chi connectivity index (χ1) is 14.7. The second-order valence-corrected chi connectivity index (χ2v) is 6.90. The van der Waals surface area contributed by atoms with Gasteiger partial charge in [-0.2, -0.15) is 13.2 Å². The number of benzene rings is 2. The van der Waals surface area contributed by atoms with E-state index in [-0.39, 0.29) is 0 Å². The third-order valence-corrected chi connectivity index (χ3v) is 4.94. The van der Waals surface area contributed by atoms with Crippen LogP contribution in [0.1, 0.15) is 27.2 Å². The van der Waals surface area contributed by atoms with Gasteiger partial charge in [-0.05, 0) is 42.3 Å². The molecular formula is C21H20F3N3O4. The van der Waals surface area contributed by atoms with Crippen molar-refractivity contribution in [3.05, 3.63) is 70.9 Å². The van der Waals surface area contributed by atoms with E-state index in [1.807, 2.05) is 12.1 Å². The quantitative estimate of drug-likeness (QED) is 0.374. The van der Waals surface area contributed by atoms with Gasteiger partial charge in [0.15, 0.2) is 0 Å². The molecule has 0 unspecified atom stereocenters. The van der Waals surface area contributed by atoms with Crippen LogP contribution in [0, 0.1) is 0 Å². The predicted octanol–water partition coefficient (Wildman–Crippen LogP) is 3.09. The van der Waals surface area contributed by atoms with Crippen LogP contribution >= 0.6 is 0 Å². The monoisotopic (exact) mass is 435 g/mol. The van der Waals surface area contributed by atoms with E-state index in [1.54, 1.807) is 17.6 Å². The zero-order valence-electron chi connectivity index (χ0n) is 16.2. The average Bonchev–Trinajstić information content (AvgIpc) is 3.07. The van der Waals surface area contributed by atoms with E-state index >= 15 is 0 Å². The van der Waals surface area contributed by atoms with Gasteiger partial charge in [0.25, 0.3) is 5.91 Å². The summed E-state index contributed by atoms with van der Waals surface area (Å²) in [4.78, 5) is 20.3. The normalized spacial score (nSPS) is 13.2. The summed E-state index contributed by atoms with van der Waals surface area (Å²) in [6.07, 6.45) is -4.03. The molecule has 0 spiro atoms. The Kier molecular flexibility index (Phi) is 6.62. The minimum Gasteiger partial charge on any atom is -0.475 e. The van der Waals surface area contributed by atoms with Crippen LogP contribution in [0.4, 0.5) is 13.2 Å². The van der Waals surface area contributed by atoms with Gasteiger partial charge >= 0.3 is 12.1 Å². The number of nitrogens with one attached hydrogen (secondary N) is 2. The molecule has 0 aliphatic carbocycles. The lowest BCUT2D eigenvalue weighted by Gasteiger charge is -2.17. The molecule has 4 rings (SSSR count). The molecular weight excluding hydrogens is 415 g/mol. The molecule has 0 atom stereocenters. The molecule has 1 aliphatic rings. The molecule has 0 saturated carbocycles. The molecule has 4 N–H and O–H groups in total. The standard InChI is InChI=1S/C19H19N3O2.C2HF3O2/c23-19(21-24)14-7-5-13(6-8-14)12-22-17-4-2-1-3-15(17)16-9-10-20-11-18(16)22;3-2(4,5)1(6)7/h1-8,20,24H,9-12H2,(H,21,23);(H,6,7). The number of alkyl halides is 3. The summed E-state index contributed by atoms with van der Waals surface area (Å²) < 4.78 is 34.1. The summed E-state index contributed by atoms with van der Waals surface area (Å²) in [5, 5.41) is 20.6. The maximum absolute atomic E-state index is 11.4. The van der Waals surface area contributed by atoms with Gasteiger partial charge < -0.3 is 15.0 Å². The lowest BCUT2D eigenvalue weighted by atomic mass is 10.0. The third kappa shape index (κ3) is 5.04. The highest BCUT2D eigenvalue weighted by molar-refractivity contribution is 5.93. The zero-order valence-corrected chi connectivity index (χ0v) is 16.2. The Morgan fingerprint density at radius 3 is 2.35 bits per heavy atom. The van der Waals surface area contributed by atoms with Gasteiger partial charge in [0, 0.05) is 35.2 Å². The molecule has 1 aromatic heterocycles. The fraction of sp³-hybridized carbons (Fsp3) is 0.238. The molecule has 7 nitrogen and oxygen atoms in total.